The Morgan fingerprint density at radius 2 is 0.985 bits per heavy atom. The van der Waals surface area contributed by atoms with Gasteiger partial charge in [-0.05, 0) is 38.5 Å². The third-order valence-corrected chi connectivity index (χ3v) is 13.2. The van der Waals surface area contributed by atoms with Crippen LogP contribution in [0.5, 0.6) is 0 Å². The fraction of sp³-hybridized carbons (Fsp3) is 0.940. The van der Waals surface area contributed by atoms with Crippen molar-refractivity contribution in [2.45, 2.75) is 279 Å². The lowest BCUT2D eigenvalue weighted by Crippen LogP contribution is -2.65. The van der Waals surface area contributed by atoms with Crippen LogP contribution in [-0.4, -0.2) is 163 Å². The van der Waals surface area contributed by atoms with Crippen LogP contribution < -0.4 is 5.32 Å². The monoisotopic (exact) mass is 950 g/mol. The van der Waals surface area contributed by atoms with Gasteiger partial charge in [-0.15, -0.1) is 0 Å². The molecule has 11 N–H and O–H groups in total. The highest BCUT2D eigenvalue weighted by molar-refractivity contribution is 5.80. The smallest absolute Gasteiger partial charge is 0.249 e. The van der Waals surface area contributed by atoms with Crippen molar-refractivity contribution in [2.24, 2.45) is 0 Å². The summed E-state index contributed by atoms with van der Waals surface area (Å²) in [5, 5.41) is 108. The molecule has 0 bridgehead atoms. The minimum atomic E-state index is -1.85. The second-order valence-electron chi connectivity index (χ2n) is 18.9. The van der Waals surface area contributed by atoms with Crippen LogP contribution in [0, 0.1) is 0 Å². The van der Waals surface area contributed by atoms with Gasteiger partial charge in [0.1, 0.15) is 61.0 Å². The zero-order valence-electron chi connectivity index (χ0n) is 40.7. The molecule has 390 valence electrons. The van der Waals surface area contributed by atoms with E-state index < -0.39 is 111 Å². The average molecular weight is 950 g/mol. The summed E-state index contributed by atoms with van der Waals surface area (Å²) in [6.45, 7) is 2.40. The molecule has 2 heterocycles. The molecule has 16 heteroatoms. The van der Waals surface area contributed by atoms with Crippen molar-refractivity contribution in [3.8, 4) is 0 Å². The number of amides is 1. The van der Waals surface area contributed by atoms with Crippen LogP contribution in [0.1, 0.15) is 194 Å². The van der Waals surface area contributed by atoms with Crippen molar-refractivity contribution >= 4 is 5.91 Å². The van der Waals surface area contributed by atoms with Crippen molar-refractivity contribution < 1.29 is 74.8 Å². The lowest BCUT2D eigenvalue weighted by Gasteiger charge is -2.46. The van der Waals surface area contributed by atoms with Crippen LogP contribution in [-0.2, 0) is 23.7 Å². The number of carbonyl (C=O) groups excluding carboxylic acids is 1. The molecule has 16 nitrogen and oxygen atoms in total. The fourth-order valence-electron chi connectivity index (χ4n) is 8.75. The molecule has 2 rings (SSSR count). The topological polar surface area (TPSA) is 268 Å². The van der Waals surface area contributed by atoms with Crippen LogP contribution in [0.3, 0.4) is 0 Å². The standard InChI is InChI=1S/C50H95NO15/c1-3-5-7-9-11-13-15-17-18-19-20-22-23-25-27-29-31-37(54)41(56)36(51-48(62)38(55)32-30-28-26-24-21-16-14-12-10-8-6-4-2)35-63-49-46(61)44(59)47(40(34-53)65-49)66-50-45(60)43(58)42(57)39(33-52)64-50/h22-23,36-47,49-50,52-61H,3-21,24-35H2,1-2H3,(H,51,62)/b23-22-/t36-,37?,38+,39+,40+,41-,42+,43-,44+,45+,46+,47+,49+,50-/m0/s1. The maximum absolute atomic E-state index is 13.3. The number of rotatable bonds is 40. The number of hydrogen-bond acceptors (Lipinski definition) is 15. The number of hydrogen-bond donors (Lipinski definition) is 11. The second-order valence-corrected chi connectivity index (χ2v) is 18.9. The number of allylic oxidation sites excluding steroid dienone is 2. The van der Waals surface area contributed by atoms with Crippen LogP contribution in [0.2, 0.25) is 0 Å². The molecule has 2 aliphatic rings. The molecule has 0 spiro atoms. The van der Waals surface area contributed by atoms with E-state index >= 15 is 0 Å². The third-order valence-electron chi connectivity index (χ3n) is 13.2. The summed E-state index contributed by atoms with van der Waals surface area (Å²) < 4.78 is 22.5. The van der Waals surface area contributed by atoms with Gasteiger partial charge in [0.2, 0.25) is 5.91 Å². The molecule has 0 aromatic rings. The highest BCUT2D eigenvalue weighted by Crippen LogP contribution is 2.30. The Morgan fingerprint density at radius 3 is 1.50 bits per heavy atom. The van der Waals surface area contributed by atoms with Crippen molar-refractivity contribution in [2.75, 3.05) is 19.8 Å². The molecule has 2 aliphatic heterocycles. The summed E-state index contributed by atoms with van der Waals surface area (Å²) in [6.07, 6.45) is 13.7. The Bertz CT molecular complexity index is 1200. The molecule has 0 aromatic carbocycles. The first-order chi connectivity index (χ1) is 31.9. The number of carbonyl (C=O) groups is 1. The van der Waals surface area contributed by atoms with Crippen molar-refractivity contribution in [3.05, 3.63) is 12.2 Å². The normalized spacial score (nSPS) is 27.8. The molecular formula is C50H95NO15. The summed E-state index contributed by atoms with van der Waals surface area (Å²) in [5.41, 5.74) is 0. The van der Waals surface area contributed by atoms with E-state index in [1.807, 2.05) is 0 Å². The Kier molecular flexibility index (Phi) is 34.5. The van der Waals surface area contributed by atoms with E-state index in [2.05, 4.69) is 31.3 Å². The van der Waals surface area contributed by atoms with Crippen LogP contribution in [0.4, 0.5) is 0 Å². The Balaban J connectivity index is 1.92. The molecule has 14 atom stereocenters. The zero-order valence-corrected chi connectivity index (χ0v) is 40.7. The van der Waals surface area contributed by atoms with Gasteiger partial charge < -0.3 is 75.3 Å². The van der Waals surface area contributed by atoms with Gasteiger partial charge >= 0.3 is 0 Å². The van der Waals surface area contributed by atoms with E-state index in [9.17, 15) is 55.9 Å². The van der Waals surface area contributed by atoms with Crippen molar-refractivity contribution in [1.29, 1.82) is 0 Å². The summed E-state index contributed by atoms with van der Waals surface area (Å²) >= 11 is 0. The summed E-state index contributed by atoms with van der Waals surface area (Å²) in [7, 11) is 0. The number of aliphatic hydroxyl groups excluding tert-OH is 10. The van der Waals surface area contributed by atoms with Gasteiger partial charge in [-0.1, -0.05) is 167 Å². The molecule has 2 fully saturated rings. The quantitative estimate of drug-likeness (QED) is 0.0293. The first-order valence-electron chi connectivity index (χ1n) is 26.1. The molecule has 1 amide bonds. The predicted octanol–water partition coefficient (Wildman–Crippen LogP) is 4.71. The van der Waals surface area contributed by atoms with Gasteiger partial charge in [-0.2, -0.15) is 0 Å². The first-order valence-corrected chi connectivity index (χ1v) is 26.1. The Hall–Kier alpha value is -1.35. The Morgan fingerprint density at radius 1 is 0.545 bits per heavy atom. The largest absolute Gasteiger partial charge is 0.394 e. The molecule has 0 radical (unpaired) electrons. The summed E-state index contributed by atoms with van der Waals surface area (Å²) in [5.74, 6) is -0.767. The summed E-state index contributed by atoms with van der Waals surface area (Å²) in [4.78, 5) is 13.3. The van der Waals surface area contributed by atoms with Gasteiger partial charge in [-0.3, -0.25) is 4.79 Å². The minimum absolute atomic E-state index is 0.201. The number of unbranched alkanes of at least 4 members (excludes halogenated alkanes) is 23. The van der Waals surface area contributed by atoms with Gasteiger partial charge in [0.05, 0.1) is 32.0 Å². The SMILES string of the molecule is CCCCCCCCCCCC/C=C\CCCCC(O)[C@@H](O)[C@H](CO[C@@H]1O[C@H](CO)[C@@H](O[C@@H]2O[C@H](CO)[C@@H](O)[C@H](O)[C@H]2O)[C@H](O)[C@H]1O)NC(=O)[C@H](O)CCCCCCCCCCCCCC. The van der Waals surface area contributed by atoms with Gasteiger partial charge in [-0.25, -0.2) is 0 Å². The lowest BCUT2D eigenvalue weighted by atomic mass is 9.97. The first kappa shape index (κ1) is 60.8. The van der Waals surface area contributed by atoms with E-state index in [0.29, 0.717) is 12.8 Å². The minimum Gasteiger partial charge on any atom is -0.394 e. The molecule has 0 aliphatic carbocycles. The van der Waals surface area contributed by atoms with E-state index in [1.165, 1.54) is 109 Å². The van der Waals surface area contributed by atoms with E-state index in [0.717, 1.165) is 44.9 Å². The van der Waals surface area contributed by atoms with Gasteiger partial charge in [0, 0.05) is 0 Å². The van der Waals surface area contributed by atoms with Crippen LogP contribution in [0.25, 0.3) is 0 Å². The maximum atomic E-state index is 13.3. The molecule has 0 saturated carbocycles. The van der Waals surface area contributed by atoms with Gasteiger partial charge in [0.25, 0.3) is 0 Å². The zero-order chi connectivity index (χ0) is 48.5. The number of aliphatic hydroxyl groups is 10. The van der Waals surface area contributed by atoms with Gasteiger partial charge in [0.15, 0.2) is 12.6 Å². The highest BCUT2D eigenvalue weighted by atomic mass is 16.7. The number of nitrogens with one attached hydrogen (secondary N) is 1. The van der Waals surface area contributed by atoms with E-state index in [4.69, 9.17) is 18.9 Å². The predicted molar refractivity (Wildman–Crippen MR) is 252 cm³/mol. The fourth-order valence-corrected chi connectivity index (χ4v) is 8.75. The Labute approximate surface area is 396 Å². The lowest BCUT2D eigenvalue weighted by molar-refractivity contribution is -0.359. The van der Waals surface area contributed by atoms with E-state index in [-0.39, 0.29) is 12.8 Å². The summed E-state index contributed by atoms with van der Waals surface area (Å²) in [6, 6.07) is -1.28. The van der Waals surface area contributed by atoms with Crippen molar-refractivity contribution in [3.63, 3.8) is 0 Å². The third kappa shape index (κ3) is 24.0. The average Bonchev–Trinajstić information content (AvgIpc) is 3.31. The van der Waals surface area contributed by atoms with Crippen molar-refractivity contribution in [1.82, 2.24) is 5.32 Å². The second kappa shape index (κ2) is 37.5. The molecule has 1 unspecified atom stereocenters. The molecule has 2 saturated heterocycles. The highest BCUT2D eigenvalue weighted by Gasteiger charge is 2.51. The molecular weight excluding hydrogens is 855 g/mol. The van der Waals surface area contributed by atoms with E-state index in [1.54, 1.807) is 0 Å². The maximum Gasteiger partial charge on any atom is 0.249 e. The van der Waals surface area contributed by atoms with Crippen LogP contribution >= 0.6 is 0 Å². The molecule has 66 heavy (non-hydrogen) atoms. The molecule has 0 aromatic heterocycles. The number of ether oxygens (including phenoxy) is 4. The van der Waals surface area contributed by atoms with Crippen LogP contribution in [0.15, 0.2) is 12.2 Å².